The molecule has 0 radical (unpaired) electrons. The van der Waals surface area contributed by atoms with E-state index in [0.717, 1.165) is 6.07 Å². The number of ketones is 1. The maximum absolute atomic E-state index is 12.5. The van der Waals surface area contributed by atoms with Crippen LogP contribution in [0.5, 0.6) is 5.75 Å². The van der Waals surface area contributed by atoms with Crippen LogP contribution >= 0.6 is 11.6 Å². The van der Waals surface area contributed by atoms with E-state index in [4.69, 9.17) is 21.1 Å². The fraction of sp³-hybridized carbons (Fsp3) is 0.294. The number of non-ortho nitro benzene ring substituents is 1. The molecule has 0 aliphatic rings. The number of halogens is 1. The van der Waals surface area contributed by atoms with Crippen LogP contribution in [0.2, 0.25) is 5.02 Å². The number of nitro groups is 1. The van der Waals surface area contributed by atoms with Crippen molar-refractivity contribution in [2.45, 2.75) is 20.8 Å². The first-order valence-electron chi connectivity index (χ1n) is 7.72. The molecule has 2 rings (SSSR count). The number of nitrogens with one attached hydrogen (secondary N) is 1. The minimum absolute atomic E-state index is 0.0294. The second-order valence-corrected chi connectivity index (χ2v) is 5.84. The highest BCUT2D eigenvalue weighted by molar-refractivity contribution is 6.32. The predicted molar refractivity (Wildman–Crippen MR) is 94.2 cm³/mol. The lowest BCUT2D eigenvalue weighted by Crippen LogP contribution is -2.14. The number of hydrogen-bond acceptors (Lipinski definition) is 6. The number of rotatable bonds is 7. The number of carbonyl (C=O) groups excluding carboxylic acids is 2. The minimum atomic E-state index is -0.579. The van der Waals surface area contributed by atoms with E-state index in [-0.39, 0.29) is 41.2 Å². The van der Waals surface area contributed by atoms with Crippen molar-refractivity contribution < 1.29 is 24.0 Å². The molecule has 0 atom stereocenters. The number of hydrogen-bond donors (Lipinski definition) is 1. The smallest absolute Gasteiger partial charge is 0.355 e. The van der Waals surface area contributed by atoms with E-state index in [1.54, 1.807) is 20.8 Å². The third-order valence-corrected chi connectivity index (χ3v) is 3.98. The fourth-order valence-corrected chi connectivity index (χ4v) is 2.74. The van der Waals surface area contributed by atoms with Gasteiger partial charge in [-0.3, -0.25) is 14.9 Å². The van der Waals surface area contributed by atoms with Crippen molar-refractivity contribution in [3.05, 3.63) is 55.9 Å². The van der Waals surface area contributed by atoms with Crippen molar-refractivity contribution in [3.63, 3.8) is 0 Å². The molecule has 1 heterocycles. The summed E-state index contributed by atoms with van der Waals surface area (Å²) < 4.78 is 10.3. The van der Waals surface area contributed by atoms with Gasteiger partial charge in [-0.1, -0.05) is 11.6 Å². The molecule has 0 bridgehead atoms. The summed E-state index contributed by atoms with van der Waals surface area (Å²) in [5.41, 5.74) is 1.38. The quantitative estimate of drug-likeness (QED) is 0.340. The number of aromatic nitrogens is 1. The minimum Gasteiger partial charge on any atom is -0.484 e. The summed E-state index contributed by atoms with van der Waals surface area (Å²) in [5, 5.41) is 10.7. The number of H-pyrrole nitrogens is 1. The number of ether oxygens (including phenoxy) is 2. The molecule has 1 N–H and O–H groups in total. The van der Waals surface area contributed by atoms with Crippen molar-refractivity contribution in [1.82, 2.24) is 4.98 Å². The van der Waals surface area contributed by atoms with Crippen molar-refractivity contribution in [2.24, 2.45) is 0 Å². The van der Waals surface area contributed by atoms with Crippen LogP contribution in [-0.4, -0.2) is 34.9 Å². The van der Waals surface area contributed by atoms with Crippen LogP contribution < -0.4 is 4.74 Å². The van der Waals surface area contributed by atoms with Gasteiger partial charge >= 0.3 is 5.97 Å². The van der Waals surface area contributed by atoms with Crippen LogP contribution in [0, 0.1) is 24.0 Å². The van der Waals surface area contributed by atoms with Crippen LogP contribution in [0.4, 0.5) is 5.69 Å². The fourth-order valence-electron chi connectivity index (χ4n) is 2.51. The molecule has 0 aliphatic carbocycles. The molecule has 26 heavy (non-hydrogen) atoms. The van der Waals surface area contributed by atoms with E-state index in [1.165, 1.54) is 12.1 Å². The van der Waals surface area contributed by atoms with Crippen molar-refractivity contribution in [2.75, 3.05) is 13.2 Å². The van der Waals surface area contributed by atoms with Crippen molar-refractivity contribution in [3.8, 4) is 5.75 Å². The highest BCUT2D eigenvalue weighted by Gasteiger charge is 2.23. The number of Topliss-reactive ketones (excluding diaryl/α,β-unsaturated/α-hetero) is 1. The van der Waals surface area contributed by atoms with Gasteiger partial charge in [-0.05, 0) is 32.4 Å². The van der Waals surface area contributed by atoms with E-state index in [9.17, 15) is 19.7 Å². The Labute approximate surface area is 154 Å². The largest absolute Gasteiger partial charge is 0.484 e. The molecule has 1 aromatic heterocycles. The van der Waals surface area contributed by atoms with Crippen molar-refractivity contribution >= 4 is 29.0 Å². The summed E-state index contributed by atoms with van der Waals surface area (Å²) in [6.45, 7) is 4.89. The average Bonchev–Trinajstić information content (AvgIpc) is 2.88. The lowest BCUT2D eigenvalue weighted by Gasteiger charge is -2.08. The third kappa shape index (κ3) is 4.02. The molecular formula is C17H17ClN2O6. The molecular weight excluding hydrogens is 364 g/mol. The van der Waals surface area contributed by atoms with E-state index in [2.05, 4.69) is 4.98 Å². The number of esters is 1. The van der Waals surface area contributed by atoms with E-state index >= 15 is 0 Å². The second-order valence-electron chi connectivity index (χ2n) is 5.43. The first kappa shape index (κ1) is 19.5. The zero-order valence-corrected chi connectivity index (χ0v) is 15.2. The molecule has 9 heteroatoms. The van der Waals surface area contributed by atoms with Gasteiger partial charge in [0.2, 0.25) is 5.78 Å². The number of benzene rings is 1. The summed E-state index contributed by atoms with van der Waals surface area (Å²) in [6, 6.07) is 3.71. The van der Waals surface area contributed by atoms with E-state index < -0.39 is 10.9 Å². The molecule has 1 aromatic carbocycles. The average molecular weight is 381 g/mol. The molecule has 138 valence electrons. The number of aryl methyl sites for hydroxylation is 1. The van der Waals surface area contributed by atoms with Gasteiger partial charge in [-0.15, -0.1) is 0 Å². The van der Waals surface area contributed by atoms with E-state index in [0.29, 0.717) is 16.8 Å². The standard InChI is InChI=1S/C17H17ClN2O6/c1-4-25-17(22)16-9(2)15(10(3)19-16)13(21)8-26-14-6-5-11(20(23)24)7-12(14)18/h5-7,19H,4,8H2,1-3H3. The Bertz CT molecular complexity index is 874. The van der Waals surface area contributed by atoms with Crippen molar-refractivity contribution in [1.29, 1.82) is 0 Å². The van der Waals surface area contributed by atoms with Gasteiger partial charge in [0.25, 0.3) is 5.69 Å². The molecule has 0 saturated heterocycles. The van der Waals surface area contributed by atoms with Gasteiger partial charge in [0, 0.05) is 23.4 Å². The number of carbonyl (C=O) groups is 2. The summed E-state index contributed by atoms with van der Waals surface area (Å²) in [5.74, 6) is -0.741. The van der Waals surface area contributed by atoms with Gasteiger partial charge in [-0.25, -0.2) is 4.79 Å². The normalized spacial score (nSPS) is 10.5. The first-order valence-corrected chi connectivity index (χ1v) is 8.10. The zero-order valence-electron chi connectivity index (χ0n) is 14.4. The monoisotopic (exact) mass is 380 g/mol. The Morgan fingerprint density at radius 2 is 2.00 bits per heavy atom. The lowest BCUT2D eigenvalue weighted by atomic mass is 10.1. The highest BCUT2D eigenvalue weighted by Crippen LogP contribution is 2.29. The molecule has 0 amide bonds. The lowest BCUT2D eigenvalue weighted by molar-refractivity contribution is -0.384. The predicted octanol–water partition coefficient (Wildman–Crippen LogP) is 3.63. The van der Waals surface area contributed by atoms with Gasteiger partial charge in [0.15, 0.2) is 6.61 Å². The molecule has 8 nitrogen and oxygen atoms in total. The first-order chi connectivity index (χ1) is 12.3. The zero-order chi connectivity index (χ0) is 19.4. The summed E-state index contributed by atoms with van der Waals surface area (Å²) in [7, 11) is 0. The van der Waals surface area contributed by atoms with Crippen LogP contribution in [0.3, 0.4) is 0 Å². The Morgan fingerprint density at radius 1 is 1.31 bits per heavy atom. The molecule has 0 spiro atoms. The Balaban J connectivity index is 2.16. The van der Waals surface area contributed by atoms with Gasteiger partial charge in [0.05, 0.1) is 16.6 Å². The molecule has 0 fully saturated rings. The van der Waals surface area contributed by atoms with Gasteiger partial charge < -0.3 is 14.5 Å². The van der Waals surface area contributed by atoms with E-state index in [1.807, 2.05) is 0 Å². The summed E-state index contributed by atoms with van der Waals surface area (Å²) in [6.07, 6.45) is 0. The molecule has 2 aromatic rings. The van der Waals surface area contributed by atoms with Crippen LogP contribution in [0.15, 0.2) is 18.2 Å². The van der Waals surface area contributed by atoms with Crippen LogP contribution in [0.25, 0.3) is 0 Å². The Morgan fingerprint density at radius 3 is 2.58 bits per heavy atom. The summed E-state index contributed by atoms with van der Waals surface area (Å²) >= 11 is 5.94. The highest BCUT2D eigenvalue weighted by atomic mass is 35.5. The van der Waals surface area contributed by atoms with Gasteiger partial charge in [0.1, 0.15) is 11.4 Å². The van der Waals surface area contributed by atoms with Crippen LogP contribution in [0.1, 0.15) is 39.0 Å². The Hall–Kier alpha value is -2.87. The third-order valence-electron chi connectivity index (χ3n) is 3.68. The van der Waals surface area contributed by atoms with Gasteiger partial charge in [-0.2, -0.15) is 0 Å². The topological polar surface area (TPSA) is 112 Å². The number of aromatic amines is 1. The molecule has 0 unspecified atom stereocenters. The maximum Gasteiger partial charge on any atom is 0.355 e. The SMILES string of the molecule is CCOC(=O)c1[nH]c(C)c(C(=O)COc2ccc([N+](=O)[O-])cc2Cl)c1C. The van der Waals surface area contributed by atoms with Crippen LogP contribution in [-0.2, 0) is 4.74 Å². The Kier molecular flexibility index (Phi) is 5.99. The second kappa shape index (κ2) is 8.01. The number of nitrogens with zero attached hydrogens (tertiary/aromatic N) is 1. The molecule has 0 aliphatic heterocycles. The molecule has 0 saturated carbocycles. The number of nitro benzene ring substituents is 1. The maximum atomic E-state index is 12.5. The summed E-state index contributed by atoms with van der Waals surface area (Å²) in [4.78, 5) is 37.4.